The highest BCUT2D eigenvalue weighted by atomic mass is 16.5. The molecule has 3 N–H and O–H groups in total. The van der Waals surface area contributed by atoms with Crippen molar-refractivity contribution < 1.29 is 9.53 Å². The van der Waals surface area contributed by atoms with E-state index in [1.165, 1.54) is 0 Å². The molecule has 0 radical (unpaired) electrons. The van der Waals surface area contributed by atoms with Crippen LogP contribution in [0.4, 0.5) is 0 Å². The summed E-state index contributed by atoms with van der Waals surface area (Å²) < 4.78 is 4.97. The van der Waals surface area contributed by atoms with Gasteiger partial charge in [0.2, 0.25) is 0 Å². The third-order valence-corrected chi connectivity index (χ3v) is 3.20. The molecule has 0 saturated heterocycles. The summed E-state index contributed by atoms with van der Waals surface area (Å²) in [7, 11) is 0. The molecule has 4 nitrogen and oxygen atoms in total. The summed E-state index contributed by atoms with van der Waals surface area (Å²) in [6.07, 6.45) is 0.388. The molecule has 4 heteroatoms. The maximum Gasteiger partial charge on any atom is 0.316 e. The molecule has 0 bridgehead atoms. The Kier molecular flexibility index (Phi) is 4.35. The fourth-order valence-electron chi connectivity index (χ4n) is 2.16. The number of carbonyl (C=O) groups is 1. The summed E-state index contributed by atoms with van der Waals surface area (Å²) in [5, 5.41) is 9.80. The molecule has 0 aliphatic rings. The van der Waals surface area contributed by atoms with Gasteiger partial charge in [0.05, 0.1) is 6.61 Å². The van der Waals surface area contributed by atoms with Crippen LogP contribution in [0.3, 0.4) is 0 Å². The number of hydrogen-bond acceptors (Lipinski definition) is 3. The Hall–Kier alpha value is -2.36. The lowest BCUT2D eigenvalue weighted by atomic mass is 9.96. The minimum Gasteiger partial charge on any atom is -0.465 e. The third kappa shape index (κ3) is 3.15. The summed E-state index contributed by atoms with van der Waals surface area (Å²) in [6, 6.07) is 14.0. The minimum absolute atomic E-state index is 0.156. The quantitative estimate of drug-likeness (QED) is 0.498. The molecule has 0 spiro atoms. The maximum atomic E-state index is 11.8. The molecule has 1 atom stereocenters. The van der Waals surface area contributed by atoms with Crippen LogP contribution in [0.25, 0.3) is 10.8 Å². The lowest BCUT2D eigenvalue weighted by molar-refractivity contribution is -0.145. The second-order valence-corrected chi connectivity index (χ2v) is 4.65. The van der Waals surface area contributed by atoms with Gasteiger partial charge < -0.3 is 10.5 Å². The van der Waals surface area contributed by atoms with Crippen LogP contribution >= 0.6 is 0 Å². The van der Waals surface area contributed by atoms with E-state index in [0.717, 1.165) is 16.3 Å². The Balaban J connectivity index is 2.24. The van der Waals surface area contributed by atoms with Crippen molar-refractivity contribution in [3.63, 3.8) is 0 Å². The first-order chi connectivity index (χ1) is 9.61. The van der Waals surface area contributed by atoms with Crippen molar-refractivity contribution >= 4 is 22.6 Å². The van der Waals surface area contributed by atoms with Gasteiger partial charge in [-0.05, 0) is 29.7 Å². The second-order valence-electron chi connectivity index (χ2n) is 4.65. The summed E-state index contributed by atoms with van der Waals surface area (Å²) >= 11 is 0. The summed E-state index contributed by atoms with van der Waals surface area (Å²) in [5.41, 5.74) is 6.48. The van der Waals surface area contributed by atoms with E-state index in [2.05, 4.69) is 0 Å². The Morgan fingerprint density at radius 3 is 2.60 bits per heavy atom. The zero-order valence-electron chi connectivity index (χ0n) is 11.4. The highest BCUT2D eigenvalue weighted by Crippen LogP contribution is 2.18. The smallest absolute Gasteiger partial charge is 0.316 e. The third-order valence-electron chi connectivity index (χ3n) is 3.20. The fourth-order valence-corrected chi connectivity index (χ4v) is 2.16. The molecule has 0 aliphatic carbocycles. The van der Waals surface area contributed by atoms with Crippen molar-refractivity contribution in [3.8, 4) is 0 Å². The number of carbonyl (C=O) groups excluding carboxylic acids is 1. The van der Waals surface area contributed by atoms with Crippen LogP contribution in [0.1, 0.15) is 12.5 Å². The van der Waals surface area contributed by atoms with Gasteiger partial charge in [0.15, 0.2) is 0 Å². The molecule has 2 aromatic carbocycles. The van der Waals surface area contributed by atoms with Crippen LogP contribution in [-0.4, -0.2) is 18.4 Å². The number of nitrogens with two attached hydrogens (primary N) is 1. The number of fused-ring (bicyclic) bond motifs is 1. The van der Waals surface area contributed by atoms with E-state index < -0.39 is 11.9 Å². The van der Waals surface area contributed by atoms with E-state index in [1.54, 1.807) is 6.92 Å². The Morgan fingerprint density at radius 2 is 1.95 bits per heavy atom. The first-order valence-corrected chi connectivity index (χ1v) is 6.60. The van der Waals surface area contributed by atoms with Crippen molar-refractivity contribution in [1.82, 2.24) is 0 Å². The van der Waals surface area contributed by atoms with Gasteiger partial charge in [-0.1, -0.05) is 42.5 Å². The second kappa shape index (κ2) is 6.19. The molecular formula is C16H18N2O2. The summed E-state index contributed by atoms with van der Waals surface area (Å²) in [4.78, 5) is 11.8. The molecular weight excluding hydrogens is 252 g/mol. The first kappa shape index (κ1) is 14.1. The SMILES string of the molecule is CCOC(=O)C(Cc1ccc2ccccc2c1)C(=N)N. The van der Waals surface area contributed by atoms with Gasteiger partial charge in [0, 0.05) is 0 Å². The predicted molar refractivity (Wildman–Crippen MR) is 79.7 cm³/mol. The van der Waals surface area contributed by atoms with Gasteiger partial charge in [0.25, 0.3) is 0 Å². The largest absolute Gasteiger partial charge is 0.465 e. The molecule has 2 rings (SSSR count). The Morgan fingerprint density at radius 1 is 1.25 bits per heavy atom. The van der Waals surface area contributed by atoms with E-state index in [0.29, 0.717) is 13.0 Å². The van der Waals surface area contributed by atoms with Crippen LogP contribution < -0.4 is 5.73 Å². The van der Waals surface area contributed by atoms with Crippen molar-refractivity contribution in [2.75, 3.05) is 6.61 Å². The monoisotopic (exact) mass is 270 g/mol. The zero-order chi connectivity index (χ0) is 14.5. The van der Waals surface area contributed by atoms with Gasteiger partial charge >= 0.3 is 5.97 Å². The molecule has 1 unspecified atom stereocenters. The van der Waals surface area contributed by atoms with Crippen LogP contribution in [0.5, 0.6) is 0 Å². The van der Waals surface area contributed by atoms with Crippen LogP contribution in [0, 0.1) is 11.3 Å². The van der Waals surface area contributed by atoms with Gasteiger partial charge in [-0.15, -0.1) is 0 Å². The van der Waals surface area contributed by atoms with Crippen LogP contribution in [0.2, 0.25) is 0 Å². The molecule has 0 fully saturated rings. The van der Waals surface area contributed by atoms with Crippen LogP contribution in [-0.2, 0) is 16.0 Å². The molecule has 0 saturated carbocycles. The van der Waals surface area contributed by atoms with Gasteiger partial charge in [0.1, 0.15) is 11.8 Å². The average molecular weight is 270 g/mol. The van der Waals surface area contributed by atoms with Gasteiger partial charge in [-0.2, -0.15) is 0 Å². The molecule has 0 aromatic heterocycles. The summed E-state index contributed by atoms with van der Waals surface area (Å²) in [6.45, 7) is 2.03. The molecule has 2 aromatic rings. The normalized spacial score (nSPS) is 12.1. The number of rotatable bonds is 5. The van der Waals surface area contributed by atoms with Crippen molar-refractivity contribution in [3.05, 3.63) is 48.0 Å². The Labute approximate surface area is 118 Å². The fraction of sp³-hybridized carbons (Fsp3) is 0.250. The number of benzene rings is 2. The first-order valence-electron chi connectivity index (χ1n) is 6.60. The predicted octanol–water partition coefficient (Wildman–Crippen LogP) is 2.50. The molecule has 104 valence electrons. The van der Waals surface area contributed by atoms with Crippen LogP contribution in [0.15, 0.2) is 42.5 Å². The molecule has 20 heavy (non-hydrogen) atoms. The van der Waals surface area contributed by atoms with Crippen molar-refractivity contribution in [2.24, 2.45) is 11.7 Å². The van der Waals surface area contributed by atoms with Crippen molar-refractivity contribution in [2.45, 2.75) is 13.3 Å². The molecule has 0 aliphatic heterocycles. The Bertz CT molecular complexity index is 637. The van der Waals surface area contributed by atoms with E-state index in [-0.39, 0.29) is 5.84 Å². The minimum atomic E-state index is -0.712. The van der Waals surface area contributed by atoms with E-state index in [4.69, 9.17) is 15.9 Å². The topological polar surface area (TPSA) is 76.2 Å². The standard InChI is InChI=1S/C16H18N2O2/c1-2-20-16(19)14(15(17)18)10-11-7-8-12-5-3-4-6-13(12)9-11/h3-9,14H,2,10H2,1H3,(H3,17,18). The highest BCUT2D eigenvalue weighted by Gasteiger charge is 2.23. The number of esters is 1. The van der Waals surface area contributed by atoms with E-state index in [1.807, 2.05) is 42.5 Å². The van der Waals surface area contributed by atoms with E-state index in [9.17, 15) is 4.79 Å². The highest BCUT2D eigenvalue weighted by molar-refractivity contribution is 5.98. The lowest BCUT2D eigenvalue weighted by Gasteiger charge is -2.14. The van der Waals surface area contributed by atoms with Gasteiger partial charge in [-0.25, -0.2) is 0 Å². The molecule has 0 amide bonds. The molecule has 0 heterocycles. The van der Waals surface area contributed by atoms with Crippen molar-refractivity contribution in [1.29, 1.82) is 5.41 Å². The average Bonchev–Trinajstić information content (AvgIpc) is 2.44. The number of ether oxygens (including phenoxy) is 1. The van der Waals surface area contributed by atoms with E-state index >= 15 is 0 Å². The van der Waals surface area contributed by atoms with Gasteiger partial charge in [-0.3, -0.25) is 10.2 Å². The lowest BCUT2D eigenvalue weighted by Crippen LogP contribution is -2.33. The number of nitrogens with one attached hydrogen (secondary N) is 1. The number of amidine groups is 1. The number of hydrogen-bond donors (Lipinski definition) is 2. The maximum absolute atomic E-state index is 11.8. The zero-order valence-corrected chi connectivity index (χ0v) is 11.4. The summed E-state index contributed by atoms with van der Waals surface area (Å²) in [5.74, 6) is -1.30.